The number of nitrogens with one attached hydrogen (secondary N) is 2. The number of ether oxygens (including phenoxy) is 1. The van der Waals surface area contributed by atoms with Crippen molar-refractivity contribution in [1.82, 2.24) is 15.1 Å². The Labute approximate surface area is 323 Å². The van der Waals surface area contributed by atoms with E-state index in [-0.39, 0.29) is 24.0 Å². The van der Waals surface area contributed by atoms with Crippen molar-refractivity contribution in [3.8, 4) is 5.75 Å². The molecule has 3 aromatic rings. The van der Waals surface area contributed by atoms with Gasteiger partial charge in [0.05, 0.1) is 17.4 Å². The van der Waals surface area contributed by atoms with Crippen LogP contribution in [-0.4, -0.2) is 77.4 Å². The minimum atomic E-state index is -0.967. The molecule has 1 atom stereocenters. The van der Waals surface area contributed by atoms with Crippen LogP contribution in [0.3, 0.4) is 0 Å². The van der Waals surface area contributed by atoms with Gasteiger partial charge in [-0.15, -0.1) is 0 Å². The number of carbonyl (C=O) groups is 4. The van der Waals surface area contributed by atoms with Gasteiger partial charge < -0.3 is 15.2 Å². The lowest BCUT2D eigenvalue weighted by Crippen LogP contribution is -2.54. The second-order valence-electron chi connectivity index (χ2n) is 14.2. The Balaban J connectivity index is 0.934. The number of anilines is 1. The molecule has 6 rings (SSSR count). The summed E-state index contributed by atoms with van der Waals surface area (Å²) < 4.78 is 6.18. The Morgan fingerprint density at radius 3 is 2.38 bits per heavy atom. The second-order valence-corrected chi connectivity index (χ2v) is 14.2. The molecule has 0 spiro atoms. The smallest absolute Gasteiger partial charge is 0.262 e. The quantitative estimate of drug-likeness (QED) is 0.0451. The van der Waals surface area contributed by atoms with Gasteiger partial charge in [-0.3, -0.25) is 34.3 Å². The van der Waals surface area contributed by atoms with Crippen molar-refractivity contribution in [3.05, 3.63) is 132 Å². The zero-order chi connectivity index (χ0) is 38.7. The maximum absolute atomic E-state index is 13.1. The monoisotopic (exact) mass is 742 g/mol. The number of hydrogen-bond acceptors (Lipinski definition) is 8. The van der Waals surface area contributed by atoms with Gasteiger partial charge in [0.15, 0.2) is 0 Å². The molecule has 10 heteroatoms. The van der Waals surface area contributed by atoms with Crippen LogP contribution in [0.15, 0.2) is 109 Å². The number of aliphatic hydroxyl groups is 1. The van der Waals surface area contributed by atoms with E-state index < -0.39 is 29.7 Å². The molecule has 2 fully saturated rings. The van der Waals surface area contributed by atoms with Crippen LogP contribution in [0.2, 0.25) is 0 Å². The van der Waals surface area contributed by atoms with Gasteiger partial charge in [-0.25, -0.2) is 0 Å². The number of benzene rings is 3. The summed E-state index contributed by atoms with van der Waals surface area (Å²) in [6.45, 7) is 10.5. The Hall–Kier alpha value is -5.74. The summed E-state index contributed by atoms with van der Waals surface area (Å²) in [4.78, 5) is 53.5. The van der Waals surface area contributed by atoms with Crippen LogP contribution in [0.5, 0.6) is 5.75 Å². The molecule has 0 aromatic heterocycles. The molecule has 3 aliphatic rings. The number of fused-ring (bicyclic) bond motifs is 1. The number of aliphatic hydroxyl groups excluding tert-OH is 1. The first-order chi connectivity index (χ1) is 26.8. The lowest BCUT2D eigenvalue weighted by molar-refractivity contribution is -0.136. The number of rotatable bonds is 16. The molecule has 286 valence electrons. The van der Waals surface area contributed by atoms with Crippen LogP contribution in [-0.2, 0) is 9.59 Å². The maximum Gasteiger partial charge on any atom is 0.262 e. The van der Waals surface area contributed by atoms with Crippen LogP contribution in [0.1, 0.15) is 83.7 Å². The molecule has 2 saturated heterocycles. The summed E-state index contributed by atoms with van der Waals surface area (Å²) >= 11 is 0. The number of imide groups is 2. The molecule has 0 saturated carbocycles. The van der Waals surface area contributed by atoms with E-state index in [2.05, 4.69) is 53.3 Å². The van der Waals surface area contributed by atoms with Gasteiger partial charge in [-0.05, 0) is 122 Å². The van der Waals surface area contributed by atoms with E-state index in [9.17, 15) is 24.3 Å². The van der Waals surface area contributed by atoms with Gasteiger partial charge in [0.1, 0.15) is 18.4 Å². The second kappa shape index (κ2) is 18.5. The van der Waals surface area contributed by atoms with Crippen molar-refractivity contribution < 1.29 is 29.0 Å². The van der Waals surface area contributed by atoms with Gasteiger partial charge in [-0.1, -0.05) is 68.1 Å². The van der Waals surface area contributed by atoms with Crippen LogP contribution < -0.4 is 15.4 Å². The van der Waals surface area contributed by atoms with E-state index >= 15 is 0 Å². The van der Waals surface area contributed by atoms with Crippen molar-refractivity contribution >= 4 is 40.5 Å². The highest BCUT2D eigenvalue weighted by molar-refractivity contribution is 6.23. The molecule has 0 aliphatic carbocycles. The van der Waals surface area contributed by atoms with Gasteiger partial charge in [-0.2, -0.15) is 0 Å². The predicted molar refractivity (Wildman–Crippen MR) is 216 cm³/mol. The number of allylic oxidation sites excluding steroid dienone is 6. The maximum atomic E-state index is 13.1. The average Bonchev–Trinajstić information content (AvgIpc) is 3.45. The Bertz CT molecular complexity index is 1980. The Kier molecular flexibility index (Phi) is 13.1. The lowest BCUT2D eigenvalue weighted by atomic mass is 9.87. The third-order valence-corrected chi connectivity index (χ3v) is 10.7. The summed E-state index contributed by atoms with van der Waals surface area (Å²) in [5.41, 5.74) is 6.73. The van der Waals surface area contributed by atoms with Gasteiger partial charge in [0.25, 0.3) is 11.8 Å². The van der Waals surface area contributed by atoms with Gasteiger partial charge in [0, 0.05) is 25.2 Å². The molecule has 3 aromatic carbocycles. The van der Waals surface area contributed by atoms with E-state index in [0.717, 1.165) is 103 Å². The zero-order valence-corrected chi connectivity index (χ0v) is 31.5. The number of amides is 4. The normalized spacial score (nSPS) is 18.7. The Morgan fingerprint density at radius 1 is 0.945 bits per heavy atom. The third kappa shape index (κ3) is 9.32. The first kappa shape index (κ1) is 39.0. The summed E-state index contributed by atoms with van der Waals surface area (Å²) in [7, 11) is 0. The fourth-order valence-corrected chi connectivity index (χ4v) is 7.79. The molecule has 55 heavy (non-hydrogen) atoms. The molecule has 0 bridgehead atoms. The number of hydrogen-bond donors (Lipinski definition) is 3. The summed E-state index contributed by atoms with van der Waals surface area (Å²) in [5, 5.41) is 15.0. The Morgan fingerprint density at radius 2 is 1.69 bits per heavy atom. The largest absolute Gasteiger partial charge is 0.516 e. The predicted octanol–water partition coefficient (Wildman–Crippen LogP) is 7.58. The van der Waals surface area contributed by atoms with Crippen LogP contribution >= 0.6 is 0 Å². The summed E-state index contributed by atoms with van der Waals surface area (Å²) in [6, 6.07) is 22.7. The van der Waals surface area contributed by atoms with Crippen LogP contribution in [0.25, 0.3) is 11.1 Å². The minimum Gasteiger partial charge on any atom is -0.516 e. The fourth-order valence-electron chi connectivity index (χ4n) is 7.79. The SMILES string of the molecule is C=CC(=C\C=C\O)/C(=C(\CC)c1ccccc1)c1ccc(OCCN2CCC(CCCNc3ccc4c(c3)C(=O)N(C3CCC(=O)NC3=O)C4=O)CC2)cc1. The molecule has 3 N–H and O–H groups in total. The van der Waals surface area contributed by atoms with E-state index in [1.807, 2.05) is 42.5 Å². The van der Waals surface area contributed by atoms with E-state index in [4.69, 9.17) is 4.74 Å². The van der Waals surface area contributed by atoms with Crippen molar-refractivity contribution in [3.63, 3.8) is 0 Å². The first-order valence-corrected chi connectivity index (χ1v) is 19.3. The molecule has 1 unspecified atom stereocenters. The molecule has 3 heterocycles. The standard InChI is InChI=1S/C45H50N4O6/c1-3-32(13-9-28-50)42(37(4-2)33-11-6-5-7-12-33)34-14-17-36(18-15-34)55-29-27-48-25-22-31(23-26-48)10-8-24-46-35-16-19-38-39(30-35)45(54)49(44(38)53)40-20-21-41(51)47-43(40)52/h3,5-7,9,11-19,28,30-31,40,46,50H,1,4,8,10,20-27,29H2,2H3,(H,47,51,52)/b28-9+,32-13+,42-37-. The zero-order valence-electron chi connectivity index (χ0n) is 31.5. The lowest BCUT2D eigenvalue weighted by Gasteiger charge is -2.31. The average molecular weight is 743 g/mol. The molecule has 4 amide bonds. The molecule has 10 nitrogen and oxygen atoms in total. The number of carbonyl (C=O) groups excluding carboxylic acids is 4. The topological polar surface area (TPSA) is 128 Å². The number of nitrogens with zero attached hydrogens (tertiary/aromatic N) is 2. The van der Waals surface area contributed by atoms with Crippen molar-refractivity contribution in [2.75, 3.05) is 38.1 Å². The molecule has 0 radical (unpaired) electrons. The fraction of sp³-hybridized carbons (Fsp3) is 0.333. The van der Waals surface area contributed by atoms with E-state index in [1.165, 1.54) is 5.57 Å². The number of likely N-dealkylation sites (tertiary alicyclic amines) is 1. The number of piperidine rings is 2. The highest BCUT2D eigenvalue weighted by atomic mass is 16.5. The van der Waals surface area contributed by atoms with Crippen molar-refractivity contribution in [1.29, 1.82) is 0 Å². The highest BCUT2D eigenvalue weighted by Crippen LogP contribution is 2.36. The first-order valence-electron chi connectivity index (χ1n) is 19.3. The van der Waals surface area contributed by atoms with Gasteiger partial charge >= 0.3 is 0 Å². The van der Waals surface area contributed by atoms with Gasteiger partial charge in [0.2, 0.25) is 11.8 Å². The molecule has 3 aliphatic heterocycles. The van der Waals surface area contributed by atoms with Crippen molar-refractivity contribution in [2.45, 2.75) is 57.9 Å². The summed E-state index contributed by atoms with van der Waals surface area (Å²) in [5.74, 6) is -0.510. The van der Waals surface area contributed by atoms with Crippen LogP contribution in [0, 0.1) is 5.92 Å². The van der Waals surface area contributed by atoms with Crippen molar-refractivity contribution in [2.24, 2.45) is 5.92 Å². The molecular weight excluding hydrogens is 693 g/mol. The summed E-state index contributed by atoms with van der Waals surface area (Å²) in [6.07, 6.45) is 11.8. The highest BCUT2D eigenvalue weighted by Gasteiger charge is 2.44. The minimum absolute atomic E-state index is 0.0949. The van der Waals surface area contributed by atoms with Crippen LogP contribution in [0.4, 0.5) is 5.69 Å². The van der Waals surface area contributed by atoms with E-state index in [1.54, 1.807) is 24.3 Å². The third-order valence-electron chi connectivity index (χ3n) is 10.7. The molecular formula is C45H50N4O6. The van der Waals surface area contributed by atoms with E-state index in [0.29, 0.717) is 12.5 Å².